The third-order valence-corrected chi connectivity index (χ3v) is 7.17. The molecule has 8 unspecified atom stereocenters. The normalized spacial score (nSPS) is 37.0. The molecule has 0 saturated carbocycles. The molecular weight excluding hydrogens is 438 g/mol. The SMILES string of the molecule is CC(=CCC1OC(C)C(NC(=O)C=CC(C)O)CC1C)CCC1CC2(CO2)CC(CC(=O)O)O1. The topological polar surface area (TPSA) is 118 Å². The monoisotopic (exact) mass is 479 g/mol. The second-order valence-corrected chi connectivity index (χ2v) is 10.5. The molecular formula is C26H41NO7. The van der Waals surface area contributed by atoms with Crippen LogP contribution in [0, 0.1) is 5.92 Å². The van der Waals surface area contributed by atoms with Gasteiger partial charge in [0.25, 0.3) is 0 Å². The first-order valence-corrected chi connectivity index (χ1v) is 12.5. The van der Waals surface area contributed by atoms with Crippen molar-refractivity contribution in [2.75, 3.05) is 6.61 Å². The van der Waals surface area contributed by atoms with E-state index in [1.807, 2.05) is 6.92 Å². The fraction of sp³-hybridized carbons (Fsp3) is 0.769. The summed E-state index contributed by atoms with van der Waals surface area (Å²) in [5, 5.41) is 21.4. The Kier molecular flexibility index (Phi) is 9.32. The predicted octanol–water partition coefficient (Wildman–Crippen LogP) is 3.13. The summed E-state index contributed by atoms with van der Waals surface area (Å²) in [6.07, 6.45) is 9.16. The zero-order valence-electron chi connectivity index (χ0n) is 20.9. The van der Waals surface area contributed by atoms with E-state index in [1.165, 1.54) is 17.7 Å². The summed E-state index contributed by atoms with van der Waals surface area (Å²) in [5.41, 5.74) is 1.12. The van der Waals surface area contributed by atoms with Gasteiger partial charge in [-0.1, -0.05) is 24.6 Å². The van der Waals surface area contributed by atoms with Crippen LogP contribution in [0.25, 0.3) is 0 Å². The number of aliphatic hydroxyl groups excluding tert-OH is 1. The number of amides is 1. The summed E-state index contributed by atoms with van der Waals surface area (Å²) in [6.45, 7) is 8.58. The van der Waals surface area contributed by atoms with Crippen LogP contribution in [0.1, 0.15) is 72.6 Å². The quantitative estimate of drug-likeness (QED) is 0.250. The molecule has 3 aliphatic heterocycles. The second-order valence-electron chi connectivity index (χ2n) is 10.5. The lowest BCUT2D eigenvalue weighted by Crippen LogP contribution is -2.50. The number of carboxylic acid groups (broad SMARTS) is 1. The second kappa shape index (κ2) is 11.8. The van der Waals surface area contributed by atoms with Gasteiger partial charge in [0.2, 0.25) is 5.91 Å². The first kappa shape index (κ1) is 26.9. The third kappa shape index (κ3) is 8.18. The van der Waals surface area contributed by atoms with E-state index in [9.17, 15) is 14.7 Å². The maximum Gasteiger partial charge on any atom is 0.305 e. The Labute approximate surface area is 202 Å². The molecule has 0 aromatic heterocycles. The van der Waals surface area contributed by atoms with Gasteiger partial charge in [0.15, 0.2) is 0 Å². The Bertz CT molecular complexity index is 773. The smallest absolute Gasteiger partial charge is 0.305 e. The van der Waals surface area contributed by atoms with Gasteiger partial charge < -0.3 is 29.7 Å². The highest BCUT2D eigenvalue weighted by Gasteiger charge is 2.51. The summed E-state index contributed by atoms with van der Waals surface area (Å²) < 4.78 is 17.9. The van der Waals surface area contributed by atoms with Crippen molar-refractivity contribution in [3.05, 3.63) is 23.8 Å². The first-order chi connectivity index (χ1) is 16.0. The van der Waals surface area contributed by atoms with Gasteiger partial charge in [-0.25, -0.2) is 0 Å². The highest BCUT2D eigenvalue weighted by molar-refractivity contribution is 5.87. The Morgan fingerprint density at radius 3 is 2.56 bits per heavy atom. The lowest BCUT2D eigenvalue weighted by molar-refractivity contribution is -0.145. The molecule has 8 atom stereocenters. The molecule has 3 fully saturated rings. The van der Waals surface area contributed by atoms with E-state index in [0.717, 1.165) is 32.1 Å². The molecule has 3 rings (SSSR count). The van der Waals surface area contributed by atoms with Crippen LogP contribution in [0.15, 0.2) is 23.8 Å². The number of epoxide rings is 1. The standard InChI is InChI=1S/C26H41NO7/c1-16(5-8-20-13-26(15-32-26)14-21(34-20)12-25(30)31)6-9-23-17(2)11-22(19(4)33-23)27-24(29)10-7-18(3)28/h6-7,10,17-23,28H,5,8-9,11-15H2,1-4H3,(H,27,29)(H,30,31). The number of aliphatic carboxylic acids is 1. The average molecular weight is 480 g/mol. The Hall–Kier alpha value is -1.74. The number of carbonyl (C=O) groups excluding carboxylic acids is 1. The van der Waals surface area contributed by atoms with Gasteiger partial charge in [-0.3, -0.25) is 9.59 Å². The predicted molar refractivity (Wildman–Crippen MR) is 127 cm³/mol. The van der Waals surface area contributed by atoms with E-state index in [4.69, 9.17) is 19.3 Å². The minimum atomic E-state index is -0.827. The minimum Gasteiger partial charge on any atom is -0.481 e. The summed E-state index contributed by atoms with van der Waals surface area (Å²) >= 11 is 0. The molecule has 192 valence electrons. The van der Waals surface area contributed by atoms with Crippen LogP contribution in [-0.4, -0.2) is 70.9 Å². The molecule has 3 saturated heterocycles. The average Bonchev–Trinajstić information content (AvgIpc) is 3.49. The van der Waals surface area contributed by atoms with Crippen molar-refractivity contribution < 1.29 is 34.0 Å². The van der Waals surface area contributed by atoms with Crippen molar-refractivity contribution in [2.24, 2.45) is 5.92 Å². The van der Waals surface area contributed by atoms with Gasteiger partial charge in [-0.2, -0.15) is 0 Å². The van der Waals surface area contributed by atoms with Crippen molar-refractivity contribution >= 4 is 11.9 Å². The zero-order chi connectivity index (χ0) is 24.9. The summed E-state index contributed by atoms with van der Waals surface area (Å²) in [4.78, 5) is 23.2. The van der Waals surface area contributed by atoms with Crippen LogP contribution >= 0.6 is 0 Å². The largest absolute Gasteiger partial charge is 0.481 e. The van der Waals surface area contributed by atoms with E-state index in [0.29, 0.717) is 18.9 Å². The van der Waals surface area contributed by atoms with Crippen molar-refractivity contribution in [1.82, 2.24) is 5.32 Å². The molecule has 1 amide bonds. The fourth-order valence-electron chi connectivity index (χ4n) is 5.08. The number of nitrogens with one attached hydrogen (secondary N) is 1. The highest BCUT2D eigenvalue weighted by atomic mass is 16.6. The summed E-state index contributed by atoms with van der Waals surface area (Å²) in [7, 11) is 0. The molecule has 8 heteroatoms. The number of ether oxygens (including phenoxy) is 3. The van der Waals surface area contributed by atoms with E-state index < -0.39 is 12.1 Å². The molecule has 0 aliphatic carbocycles. The Balaban J connectivity index is 1.43. The van der Waals surface area contributed by atoms with Crippen LogP contribution in [-0.2, 0) is 23.8 Å². The molecule has 8 nitrogen and oxygen atoms in total. The molecule has 0 aromatic carbocycles. The lowest BCUT2D eigenvalue weighted by Gasteiger charge is -2.39. The van der Waals surface area contributed by atoms with Gasteiger partial charge in [-0.05, 0) is 52.4 Å². The van der Waals surface area contributed by atoms with Crippen LogP contribution in [0.4, 0.5) is 0 Å². The summed E-state index contributed by atoms with van der Waals surface area (Å²) in [6, 6.07) is -0.0540. The summed E-state index contributed by atoms with van der Waals surface area (Å²) in [5.74, 6) is -0.736. The molecule has 3 heterocycles. The van der Waals surface area contributed by atoms with E-state index in [1.54, 1.807) is 6.92 Å². The van der Waals surface area contributed by atoms with Crippen LogP contribution in [0.5, 0.6) is 0 Å². The van der Waals surface area contributed by atoms with Crippen LogP contribution in [0.2, 0.25) is 0 Å². The number of allylic oxidation sites excluding steroid dienone is 1. The molecule has 0 aromatic rings. The lowest BCUT2D eigenvalue weighted by atomic mass is 9.87. The number of rotatable bonds is 10. The molecule has 0 bridgehead atoms. The van der Waals surface area contributed by atoms with Crippen LogP contribution < -0.4 is 5.32 Å². The number of carboxylic acids is 1. The maximum atomic E-state index is 12.1. The maximum absolute atomic E-state index is 12.1. The van der Waals surface area contributed by atoms with E-state index in [2.05, 4.69) is 25.2 Å². The number of hydrogen-bond donors (Lipinski definition) is 3. The Morgan fingerprint density at radius 2 is 1.91 bits per heavy atom. The van der Waals surface area contributed by atoms with Gasteiger partial charge in [0, 0.05) is 18.9 Å². The van der Waals surface area contributed by atoms with Crippen LogP contribution in [0.3, 0.4) is 0 Å². The number of hydrogen-bond acceptors (Lipinski definition) is 6. The third-order valence-electron chi connectivity index (χ3n) is 7.17. The van der Waals surface area contributed by atoms with E-state index >= 15 is 0 Å². The van der Waals surface area contributed by atoms with Crippen molar-refractivity contribution in [2.45, 2.75) is 115 Å². The van der Waals surface area contributed by atoms with E-state index in [-0.39, 0.29) is 48.4 Å². The van der Waals surface area contributed by atoms with Gasteiger partial charge in [0.1, 0.15) is 0 Å². The van der Waals surface area contributed by atoms with Crippen molar-refractivity contribution in [1.29, 1.82) is 0 Å². The van der Waals surface area contributed by atoms with Gasteiger partial charge >= 0.3 is 5.97 Å². The first-order valence-electron chi connectivity index (χ1n) is 12.5. The van der Waals surface area contributed by atoms with Gasteiger partial charge in [-0.15, -0.1) is 0 Å². The number of aliphatic hydroxyl groups is 1. The number of carbonyl (C=O) groups is 2. The van der Waals surface area contributed by atoms with Crippen molar-refractivity contribution in [3.63, 3.8) is 0 Å². The Morgan fingerprint density at radius 1 is 1.21 bits per heavy atom. The highest BCUT2D eigenvalue weighted by Crippen LogP contribution is 2.43. The molecule has 34 heavy (non-hydrogen) atoms. The molecule has 0 radical (unpaired) electrons. The molecule has 3 aliphatic rings. The van der Waals surface area contributed by atoms with Crippen molar-refractivity contribution in [3.8, 4) is 0 Å². The minimum absolute atomic E-state index is 0.0288. The fourth-order valence-corrected chi connectivity index (χ4v) is 5.08. The zero-order valence-corrected chi connectivity index (χ0v) is 20.9. The molecule has 3 N–H and O–H groups in total. The molecule has 1 spiro atoms. The van der Waals surface area contributed by atoms with Gasteiger partial charge in [0.05, 0.1) is 55.2 Å².